The van der Waals surface area contributed by atoms with Crippen LogP contribution in [-0.2, 0) is 11.2 Å². The molecule has 2 unspecified atom stereocenters. The topological polar surface area (TPSA) is 31.0 Å². The normalized spacial score (nSPS) is 24.4. The first-order chi connectivity index (χ1) is 11.6. The standard InChI is InChI=1S/C21H30O3/c1-5-21(6-2)20(24-21)10-7-15(3)11-12-22-18-9-8-17-13-16(4)23-19(17)14-18/h8-9,11,14,16,20H,5-7,10,12-13H2,1-4H3/b15-11+. The van der Waals surface area contributed by atoms with Gasteiger partial charge in [-0.05, 0) is 57.2 Å². The highest BCUT2D eigenvalue weighted by molar-refractivity contribution is 5.43. The van der Waals surface area contributed by atoms with Gasteiger partial charge in [-0.2, -0.15) is 0 Å². The Bertz CT molecular complexity index is 601. The van der Waals surface area contributed by atoms with E-state index in [4.69, 9.17) is 14.2 Å². The van der Waals surface area contributed by atoms with Gasteiger partial charge in [0.15, 0.2) is 0 Å². The highest BCUT2D eigenvalue weighted by Crippen LogP contribution is 2.45. The first-order valence-corrected chi connectivity index (χ1v) is 9.32. The first-order valence-electron chi connectivity index (χ1n) is 9.32. The van der Waals surface area contributed by atoms with E-state index in [-0.39, 0.29) is 11.7 Å². The van der Waals surface area contributed by atoms with E-state index in [0.717, 1.165) is 43.6 Å². The lowest BCUT2D eigenvalue weighted by Crippen LogP contribution is -2.12. The molecule has 1 saturated heterocycles. The fourth-order valence-corrected chi connectivity index (χ4v) is 3.66. The van der Waals surface area contributed by atoms with Gasteiger partial charge in [0, 0.05) is 12.5 Å². The van der Waals surface area contributed by atoms with E-state index in [1.165, 1.54) is 11.1 Å². The lowest BCUT2D eigenvalue weighted by molar-refractivity contribution is 0.253. The molecule has 0 radical (unpaired) electrons. The molecule has 0 spiro atoms. The zero-order chi connectivity index (χ0) is 17.2. The molecule has 0 amide bonds. The molecule has 0 bridgehead atoms. The van der Waals surface area contributed by atoms with Gasteiger partial charge in [-0.1, -0.05) is 25.5 Å². The fourth-order valence-electron chi connectivity index (χ4n) is 3.66. The highest BCUT2D eigenvalue weighted by Gasteiger charge is 2.52. The second-order valence-electron chi connectivity index (χ2n) is 7.18. The molecule has 0 aliphatic carbocycles. The lowest BCUT2D eigenvalue weighted by Gasteiger charge is -2.08. The SMILES string of the molecule is CCC1(CC)OC1CC/C(C)=C/COc1ccc2c(c1)OC(C)C2. The van der Waals surface area contributed by atoms with Crippen molar-refractivity contribution in [3.63, 3.8) is 0 Å². The van der Waals surface area contributed by atoms with Gasteiger partial charge in [-0.3, -0.25) is 0 Å². The van der Waals surface area contributed by atoms with Crippen LogP contribution in [0.4, 0.5) is 0 Å². The largest absolute Gasteiger partial charge is 0.490 e. The summed E-state index contributed by atoms with van der Waals surface area (Å²) in [6.45, 7) is 9.33. The van der Waals surface area contributed by atoms with Crippen LogP contribution in [0.3, 0.4) is 0 Å². The Labute approximate surface area is 146 Å². The van der Waals surface area contributed by atoms with E-state index in [1.807, 2.05) is 12.1 Å². The second-order valence-corrected chi connectivity index (χ2v) is 7.18. The number of epoxide rings is 1. The van der Waals surface area contributed by atoms with Crippen LogP contribution >= 0.6 is 0 Å². The van der Waals surface area contributed by atoms with Crippen molar-refractivity contribution in [2.24, 2.45) is 0 Å². The zero-order valence-corrected chi connectivity index (χ0v) is 15.4. The van der Waals surface area contributed by atoms with Crippen molar-refractivity contribution in [2.45, 2.75) is 77.6 Å². The summed E-state index contributed by atoms with van der Waals surface area (Å²) in [4.78, 5) is 0. The molecular weight excluding hydrogens is 300 g/mol. The van der Waals surface area contributed by atoms with Gasteiger partial charge in [-0.15, -0.1) is 0 Å². The third-order valence-corrected chi connectivity index (χ3v) is 5.46. The molecular formula is C21H30O3. The van der Waals surface area contributed by atoms with Gasteiger partial charge < -0.3 is 14.2 Å². The molecule has 24 heavy (non-hydrogen) atoms. The molecule has 2 atom stereocenters. The van der Waals surface area contributed by atoms with Crippen LogP contribution in [0.1, 0.15) is 58.9 Å². The van der Waals surface area contributed by atoms with Crippen molar-refractivity contribution in [1.29, 1.82) is 0 Å². The van der Waals surface area contributed by atoms with Crippen LogP contribution in [0, 0.1) is 0 Å². The molecule has 1 fully saturated rings. The minimum atomic E-state index is 0.179. The number of allylic oxidation sites excluding steroid dienone is 1. The maximum Gasteiger partial charge on any atom is 0.126 e. The van der Waals surface area contributed by atoms with Crippen LogP contribution in [-0.4, -0.2) is 24.4 Å². The maximum atomic E-state index is 5.91. The van der Waals surface area contributed by atoms with Crippen molar-refractivity contribution in [2.75, 3.05) is 6.61 Å². The average Bonchev–Trinajstić information content (AvgIpc) is 3.17. The van der Waals surface area contributed by atoms with Crippen LogP contribution in [0.25, 0.3) is 0 Å². The number of fused-ring (bicyclic) bond motifs is 1. The van der Waals surface area contributed by atoms with E-state index in [0.29, 0.717) is 12.7 Å². The molecule has 2 aliphatic heterocycles. The van der Waals surface area contributed by atoms with Crippen molar-refractivity contribution in [3.05, 3.63) is 35.4 Å². The number of ether oxygens (including phenoxy) is 3. The maximum absolute atomic E-state index is 5.91. The molecule has 3 heteroatoms. The van der Waals surface area contributed by atoms with Gasteiger partial charge in [-0.25, -0.2) is 0 Å². The molecule has 3 nitrogen and oxygen atoms in total. The van der Waals surface area contributed by atoms with Crippen molar-refractivity contribution in [1.82, 2.24) is 0 Å². The van der Waals surface area contributed by atoms with Crippen LogP contribution in [0.5, 0.6) is 11.5 Å². The molecule has 1 aromatic carbocycles. The Morgan fingerprint density at radius 2 is 2.12 bits per heavy atom. The predicted octanol–water partition coefficient (Wildman–Crippen LogP) is 5.07. The third kappa shape index (κ3) is 3.77. The summed E-state index contributed by atoms with van der Waals surface area (Å²) in [7, 11) is 0. The molecule has 0 aromatic heterocycles. The summed E-state index contributed by atoms with van der Waals surface area (Å²) in [5, 5.41) is 0. The van der Waals surface area contributed by atoms with Gasteiger partial charge in [0.2, 0.25) is 0 Å². The summed E-state index contributed by atoms with van der Waals surface area (Å²) in [6.07, 6.45) is 8.36. The minimum absolute atomic E-state index is 0.179. The number of benzene rings is 1. The van der Waals surface area contributed by atoms with Gasteiger partial charge in [0.1, 0.15) is 24.2 Å². The number of hydrogen-bond donors (Lipinski definition) is 0. The smallest absolute Gasteiger partial charge is 0.126 e. The van der Waals surface area contributed by atoms with Gasteiger partial charge in [0.05, 0.1) is 11.7 Å². The van der Waals surface area contributed by atoms with Crippen LogP contribution in [0.2, 0.25) is 0 Å². The molecule has 2 heterocycles. The summed E-state index contributed by atoms with van der Waals surface area (Å²) >= 11 is 0. The van der Waals surface area contributed by atoms with E-state index < -0.39 is 0 Å². The summed E-state index contributed by atoms with van der Waals surface area (Å²) < 4.78 is 17.5. The van der Waals surface area contributed by atoms with Crippen LogP contribution < -0.4 is 9.47 Å². The summed E-state index contributed by atoms with van der Waals surface area (Å²) in [5.41, 5.74) is 2.83. The van der Waals surface area contributed by atoms with E-state index in [2.05, 4.69) is 39.8 Å². The molecule has 0 saturated carbocycles. The zero-order valence-electron chi connectivity index (χ0n) is 15.4. The van der Waals surface area contributed by atoms with E-state index in [9.17, 15) is 0 Å². The quantitative estimate of drug-likeness (QED) is 0.492. The Kier molecular flexibility index (Phi) is 5.19. The second kappa shape index (κ2) is 7.18. The lowest BCUT2D eigenvalue weighted by atomic mass is 9.95. The number of rotatable bonds is 8. The monoisotopic (exact) mass is 330 g/mol. The van der Waals surface area contributed by atoms with Crippen LogP contribution in [0.15, 0.2) is 29.8 Å². The van der Waals surface area contributed by atoms with Gasteiger partial charge in [0.25, 0.3) is 0 Å². The van der Waals surface area contributed by atoms with Crippen molar-refractivity contribution < 1.29 is 14.2 Å². The van der Waals surface area contributed by atoms with Crippen molar-refractivity contribution in [3.8, 4) is 11.5 Å². The Morgan fingerprint density at radius 3 is 2.83 bits per heavy atom. The number of hydrogen-bond acceptors (Lipinski definition) is 3. The summed E-state index contributed by atoms with van der Waals surface area (Å²) in [5.74, 6) is 1.86. The first kappa shape index (κ1) is 17.3. The Morgan fingerprint density at radius 1 is 1.33 bits per heavy atom. The Hall–Kier alpha value is -1.48. The molecule has 132 valence electrons. The molecule has 3 rings (SSSR count). The minimum Gasteiger partial charge on any atom is -0.490 e. The Balaban J connectivity index is 1.42. The fraction of sp³-hybridized carbons (Fsp3) is 0.619. The summed E-state index contributed by atoms with van der Waals surface area (Å²) in [6, 6.07) is 6.17. The molecule has 0 N–H and O–H groups in total. The predicted molar refractivity (Wildman–Crippen MR) is 96.9 cm³/mol. The third-order valence-electron chi connectivity index (χ3n) is 5.46. The van der Waals surface area contributed by atoms with Gasteiger partial charge >= 0.3 is 0 Å². The highest BCUT2D eigenvalue weighted by atomic mass is 16.6. The van der Waals surface area contributed by atoms with Crippen molar-refractivity contribution >= 4 is 0 Å². The van der Waals surface area contributed by atoms with E-state index in [1.54, 1.807) is 0 Å². The average molecular weight is 330 g/mol. The van der Waals surface area contributed by atoms with E-state index >= 15 is 0 Å². The molecule has 1 aromatic rings. The molecule has 2 aliphatic rings.